The Hall–Kier alpha value is -2.85. The molecule has 0 saturated carbocycles. The zero-order chi connectivity index (χ0) is 21.6. The van der Waals surface area contributed by atoms with Gasteiger partial charge in [-0.2, -0.15) is 0 Å². The molecule has 3 aromatic heterocycles. The highest BCUT2D eigenvalue weighted by Gasteiger charge is 2.17. The van der Waals surface area contributed by atoms with E-state index >= 15 is 0 Å². The number of hydrogen-bond acceptors (Lipinski definition) is 8. The second kappa shape index (κ2) is 9.97. The van der Waals surface area contributed by atoms with Crippen LogP contribution < -0.4 is 10.2 Å². The summed E-state index contributed by atoms with van der Waals surface area (Å²) in [6.45, 7) is 7.23. The van der Waals surface area contributed by atoms with Gasteiger partial charge in [-0.3, -0.25) is 9.36 Å². The Morgan fingerprint density at radius 1 is 1.19 bits per heavy atom. The number of amides is 1. The molecule has 10 heteroatoms. The predicted octanol–water partition coefficient (Wildman–Crippen LogP) is 2.11. The molecule has 4 rings (SSSR count). The van der Waals surface area contributed by atoms with Gasteiger partial charge >= 0.3 is 0 Å². The van der Waals surface area contributed by atoms with E-state index in [1.165, 1.54) is 11.8 Å². The molecule has 1 fully saturated rings. The van der Waals surface area contributed by atoms with Gasteiger partial charge in [-0.15, -0.1) is 10.2 Å². The van der Waals surface area contributed by atoms with Gasteiger partial charge in [-0.1, -0.05) is 17.8 Å². The van der Waals surface area contributed by atoms with E-state index in [4.69, 9.17) is 4.42 Å². The van der Waals surface area contributed by atoms with Crippen LogP contribution in [0.25, 0.3) is 11.6 Å². The monoisotopic (exact) mass is 441 g/mol. The lowest BCUT2D eigenvalue weighted by Crippen LogP contribution is -2.44. The topological polar surface area (TPSA) is 92.3 Å². The third kappa shape index (κ3) is 5.26. The lowest BCUT2D eigenvalue weighted by atomic mass is 10.2. The first-order valence-corrected chi connectivity index (χ1v) is 11.4. The van der Waals surface area contributed by atoms with E-state index in [9.17, 15) is 4.79 Å². The number of hydrogen-bond donors (Lipinski definition) is 1. The maximum atomic E-state index is 12.3. The van der Waals surface area contributed by atoms with Crippen LogP contribution in [-0.4, -0.2) is 69.5 Å². The fourth-order valence-electron chi connectivity index (χ4n) is 3.39. The van der Waals surface area contributed by atoms with Gasteiger partial charge in [0.05, 0.1) is 12.0 Å². The SMILES string of the molecule is CCn1c(SCC(=O)NCc2ccc(N3CCN(C)CC3)nc2)nnc1-c1ccco1. The van der Waals surface area contributed by atoms with Crippen LogP contribution in [0.4, 0.5) is 5.82 Å². The van der Waals surface area contributed by atoms with Crippen LogP contribution in [0.5, 0.6) is 0 Å². The van der Waals surface area contributed by atoms with Gasteiger partial charge in [0.2, 0.25) is 5.91 Å². The van der Waals surface area contributed by atoms with Crippen molar-refractivity contribution in [1.29, 1.82) is 0 Å². The highest BCUT2D eigenvalue weighted by Crippen LogP contribution is 2.24. The Kier molecular flexibility index (Phi) is 6.88. The molecule has 0 radical (unpaired) electrons. The summed E-state index contributed by atoms with van der Waals surface area (Å²) in [5.41, 5.74) is 0.980. The molecule has 31 heavy (non-hydrogen) atoms. The summed E-state index contributed by atoms with van der Waals surface area (Å²) in [6, 6.07) is 7.72. The number of nitrogens with one attached hydrogen (secondary N) is 1. The molecule has 0 bridgehead atoms. The predicted molar refractivity (Wildman–Crippen MR) is 120 cm³/mol. The number of likely N-dealkylation sites (N-methyl/N-ethyl adjacent to an activating group) is 1. The van der Waals surface area contributed by atoms with Crippen LogP contribution >= 0.6 is 11.8 Å². The van der Waals surface area contributed by atoms with Gasteiger partial charge in [0.1, 0.15) is 5.82 Å². The van der Waals surface area contributed by atoms with Crippen LogP contribution in [0.3, 0.4) is 0 Å². The molecule has 1 aliphatic rings. The zero-order valence-corrected chi connectivity index (χ0v) is 18.6. The summed E-state index contributed by atoms with van der Waals surface area (Å²) in [5, 5.41) is 12.1. The number of rotatable bonds is 8. The van der Waals surface area contributed by atoms with Crippen molar-refractivity contribution in [2.75, 3.05) is 43.9 Å². The zero-order valence-electron chi connectivity index (χ0n) is 17.8. The number of furan rings is 1. The summed E-state index contributed by atoms with van der Waals surface area (Å²) < 4.78 is 7.36. The van der Waals surface area contributed by atoms with E-state index in [0.29, 0.717) is 29.8 Å². The third-order valence-corrected chi connectivity index (χ3v) is 6.20. The highest BCUT2D eigenvalue weighted by molar-refractivity contribution is 7.99. The number of anilines is 1. The Balaban J connectivity index is 1.26. The molecule has 164 valence electrons. The third-order valence-electron chi connectivity index (χ3n) is 5.23. The largest absolute Gasteiger partial charge is 0.461 e. The van der Waals surface area contributed by atoms with Gasteiger partial charge < -0.3 is 19.5 Å². The quantitative estimate of drug-likeness (QED) is 0.532. The molecule has 3 aromatic rings. The molecular formula is C21H27N7O2S. The highest BCUT2D eigenvalue weighted by atomic mass is 32.2. The van der Waals surface area contributed by atoms with Gasteiger partial charge in [0.25, 0.3) is 0 Å². The van der Waals surface area contributed by atoms with Crippen molar-refractivity contribution < 1.29 is 9.21 Å². The fourth-order valence-corrected chi connectivity index (χ4v) is 4.23. The van der Waals surface area contributed by atoms with Crippen LogP contribution in [0.1, 0.15) is 12.5 Å². The molecule has 0 atom stereocenters. The Morgan fingerprint density at radius 2 is 2.03 bits per heavy atom. The van der Waals surface area contributed by atoms with Gasteiger partial charge in [0, 0.05) is 45.5 Å². The number of carbonyl (C=O) groups is 1. The number of piperazine rings is 1. The van der Waals surface area contributed by atoms with Gasteiger partial charge in [-0.25, -0.2) is 4.98 Å². The number of pyridine rings is 1. The number of aromatic nitrogens is 4. The average molecular weight is 442 g/mol. The standard InChI is InChI=1S/C21H27N7O2S/c1-3-28-20(17-5-4-12-30-17)24-25-21(28)31-15-19(29)23-14-16-6-7-18(22-13-16)27-10-8-26(2)9-11-27/h4-7,12-13H,3,8-11,14-15H2,1-2H3,(H,23,29). The Bertz CT molecular complexity index is 980. The maximum Gasteiger partial charge on any atom is 0.230 e. The molecule has 0 aromatic carbocycles. The van der Waals surface area contributed by atoms with Crippen molar-refractivity contribution in [2.45, 2.75) is 25.2 Å². The molecule has 4 heterocycles. The molecule has 1 aliphatic heterocycles. The number of thioether (sulfide) groups is 1. The van der Waals surface area contributed by atoms with Crippen molar-refractivity contribution >= 4 is 23.5 Å². The van der Waals surface area contributed by atoms with Crippen molar-refractivity contribution in [3.8, 4) is 11.6 Å². The first kappa shape index (κ1) is 21.4. The minimum absolute atomic E-state index is 0.0571. The first-order valence-electron chi connectivity index (χ1n) is 10.4. The normalized spacial score (nSPS) is 14.7. The minimum Gasteiger partial charge on any atom is -0.461 e. The average Bonchev–Trinajstić information content (AvgIpc) is 3.46. The molecule has 1 amide bonds. The molecule has 0 unspecified atom stereocenters. The van der Waals surface area contributed by atoms with E-state index < -0.39 is 0 Å². The van der Waals surface area contributed by atoms with E-state index in [1.54, 1.807) is 6.26 Å². The Morgan fingerprint density at radius 3 is 2.71 bits per heavy atom. The summed E-state index contributed by atoms with van der Waals surface area (Å²) in [7, 11) is 2.14. The smallest absolute Gasteiger partial charge is 0.230 e. The molecule has 0 spiro atoms. The van der Waals surface area contributed by atoms with Gasteiger partial charge in [-0.05, 0) is 37.7 Å². The lowest BCUT2D eigenvalue weighted by Gasteiger charge is -2.33. The second-order valence-corrected chi connectivity index (χ2v) is 8.35. The van der Waals surface area contributed by atoms with Crippen LogP contribution in [-0.2, 0) is 17.9 Å². The maximum absolute atomic E-state index is 12.3. The first-order chi connectivity index (χ1) is 15.1. The van der Waals surface area contributed by atoms with E-state index in [0.717, 1.165) is 37.6 Å². The van der Waals surface area contributed by atoms with Gasteiger partial charge in [0.15, 0.2) is 16.7 Å². The summed E-state index contributed by atoms with van der Waals surface area (Å²) in [4.78, 5) is 21.5. The van der Waals surface area contributed by atoms with Crippen LogP contribution in [0.2, 0.25) is 0 Å². The Labute approximate surface area is 185 Å². The second-order valence-electron chi connectivity index (χ2n) is 7.41. The van der Waals surface area contributed by atoms with Crippen molar-refractivity contribution in [1.82, 2.24) is 30.0 Å². The fraction of sp³-hybridized carbons (Fsp3) is 0.429. The van der Waals surface area contributed by atoms with Crippen molar-refractivity contribution in [2.24, 2.45) is 0 Å². The molecule has 1 saturated heterocycles. The van der Waals surface area contributed by atoms with E-state index in [-0.39, 0.29) is 11.7 Å². The van der Waals surface area contributed by atoms with Crippen molar-refractivity contribution in [3.05, 3.63) is 42.3 Å². The molecule has 0 aliphatic carbocycles. The minimum atomic E-state index is -0.0571. The van der Waals surface area contributed by atoms with Crippen molar-refractivity contribution in [3.63, 3.8) is 0 Å². The van der Waals surface area contributed by atoms with Crippen LogP contribution in [0, 0.1) is 0 Å². The number of nitrogens with zero attached hydrogens (tertiary/aromatic N) is 6. The van der Waals surface area contributed by atoms with Crippen LogP contribution in [0.15, 0.2) is 46.3 Å². The van der Waals surface area contributed by atoms with E-state index in [1.807, 2.05) is 42.0 Å². The molecular weight excluding hydrogens is 414 g/mol. The summed E-state index contributed by atoms with van der Waals surface area (Å²) in [6.07, 6.45) is 3.45. The summed E-state index contributed by atoms with van der Waals surface area (Å²) in [5.74, 6) is 2.53. The van der Waals surface area contributed by atoms with E-state index in [2.05, 4.69) is 37.3 Å². The molecule has 1 N–H and O–H groups in total. The summed E-state index contributed by atoms with van der Waals surface area (Å²) >= 11 is 1.36. The lowest BCUT2D eigenvalue weighted by molar-refractivity contribution is -0.118. The number of carbonyl (C=O) groups excluding carboxylic acids is 1. The molecule has 9 nitrogen and oxygen atoms in total.